The maximum atomic E-state index is 8.76. The van der Waals surface area contributed by atoms with Crippen LogP contribution in [0.2, 0.25) is 0 Å². The fourth-order valence-electron chi connectivity index (χ4n) is 0.847. The van der Waals surface area contributed by atoms with Crippen molar-refractivity contribution >= 4 is 0 Å². The highest BCUT2D eigenvalue weighted by Gasteiger charge is 2.03. The normalized spacial score (nSPS) is 13.2. The molecule has 0 fully saturated rings. The Bertz CT molecular complexity index is 237. The first-order chi connectivity index (χ1) is 7.24. The molecule has 0 aliphatic carbocycles. The summed E-state index contributed by atoms with van der Waals surface area (Å²) in [4.78, 5) is 0. The Kier molecular flexibility index (Phi) is 9.13. The molecule has 0 saturated carbocycles. The van der Waals surface area contributed by atoms with E-state index in [2.05, 4.69) is 11.8 Å². The molecular formula is C11H18O4. The van der Waals surface area contributed by atoms with Crippen LogP contribution in [0.25, 0.3) is 0 Å². The van der Waals surface area contributed by atoms with Crippen LogP contribution in [-0.2, 0) is 9.47 Å². The minimum absolute atomic E-state index is 0.0197. The summed E-state index contributed by atoms with van der Waals surface area (Å²) in [6, 6.07) is 0. The fraction of sp³-hybridized carbons (Fsp3) is 0.636. The van der Waals surface area contributed by atoms with Gasteiger partial charge in [-0.05, 0) is 18.6 Å². The van der Waals surface area contributed by atoms with E-state index in [0.29, 0.717) is 6.42 Å². The number of aliphatic hydroxyl groups excluding tert-OH is 2. The van der Waals surface area contributed by atoms with Gasteiger partial charge in [-0.25, -0.2) is 0 Å². The maximum Gasteiger partial charge on any atom is 0.148 e. The van der Waals surface area contributed by atoms with E-state index >= 15 is 0 Å². The van der Waals surface area contributed by atoms with Crippen molar-refractivity contribution in [3.05, 3.63) is 11.6 Å². The molecule has 0 heterocycles. The van der Waals surface area contributed by atoms with Gasteiger partial charge in [0.1, 0.15) is 12.9 Å². The van der Waals surface area contributed by atoms with E-state index in [1.807, 2.05) is 0 Å². The van der Waals surface area contributed by atoms with Crippen LogP contribution in [0.3, 0.4) is 0 Å². The van der Waals surface area contributed by atoms with Gasteiger partial charge in [-0.1, -0.05) is 11.8 Å². The lowest BCUT2D eigenvalue weighted by molar-refractivity contribution is -0.0574. The summed E-state index contributed by atoms with van der Waals surface area (Å²) in [6.45, 7) is 1.95. The molecule has 0 aromatic carbocycles. The number of ether oxygens (including phenoxy) is 2. The van der Waals surface area contributed by atoms with Crippen molar-refractivity contribution in [2.75, 3.05) is 27.1 Å². The van der Waals surface area contributed by atoms with Gasteiger partial charge in [-0.3, -0.25) is 0 Å². The summed E-state index contributed by atoms with van der Waals surface area (Å²) in [7, 11) is 1.53. The summed E-state index contributed by atoms with van der Waals surface area (Å²) in [5, 5.41) is 17.4. The van der Waals surface area contributed by atoms with Gasteiger partial charge < -0.3 is 19.7 Å². The third kappa shape index (κ3) is 8.16. The second-order valence-corrected chi connectivity index (χ2v) is 2.91. The molecule has 0 aromatic rings. The first-order valence-corrected chi connectivity index (χ1v) is 4.75. The zero-order valence-corrected chi connectivity index (χ0v) is 9.19. The molecule has 0 amide bonds. The summed E-state index contributed by atoms with van der Waals surface area (Å²) < 4.78 is 9.96. The van der Waals surface area contributed by atoms with Crippen molar-refractivity contribution in [3.8, 4) is 11.8 Å². The first-order valence-electron chi connectivity index (χ1n) is 4.75. The zero-order chi connectivity index (χ0) is 11.5. The minimum Gasteiger partial charge on any atom is -0.396 e. The number of allylic oxidation sites excluding steroid dienone is 1. The van der Waals surface area contributed by atoms with Crippen LogP contribution in [0.5, 0.6) is 0 Å². The molecule has 1 unspecified atom stereocenters. The van der Waals surface area contributed by atoms with E-state index in [-0.39, 0.29) is 26.1 Å². The predicted molar refractivity (Wildman–Crippen MR) is 57.1 cm³/mol. The van der Waals surface area contributed by atoms with Gasteiger partial charge in [0.2, 0.25) is 0 Å². The van der Waals surface area contributed by atoms with Gasteiger partial charge in [-0.15, -0.1) is 0 Å². The number of methoxy groups -OCH3 is 1. The molecule has 2 N–H and O–H groups in total. The monoisotopic (exact) mass is 214 g/mol. The maximum absolute atomic E-state index is 8.76. The lowest BCUT2D eigenvalue weighted by atomic mass is 10.2. The summed E-state index contributed by atoms with van der Waals surface area (Å²) in [5.41, 5.74) is 0.779. The smallest absolute Gasteiger partial charge is 0.148 e. The van der Waals surface area contributed by atoms with E-state index in [1.165, 1.54) is 7.11 Å². The van der Waals surface area contributed by atoms with Crippen molar-refractivity contribution in [1.29, 1.82) is 0 Å². The topological polar surface area (TPSA) is 58.9 Å². The van der Waals surface area contributed by atoms with Crippen molar-refractivity contribution in [1.82, 2.24) is 0 Å². The Hall–Kier alpha value is -0.860. The minimum atomic E-state index is -0.336. The Morgan fingerprint density at radius 3 is 2.73 bits per heavy atom. The van der Waals surface area contributed by atoms with Crippen LogP contribution < -0.4 is 0 Å². The molecule has 0 radical (unpaired) electrons. The van der Waals surface area contributed by atoms with E-state index in [4.69, 9.17) is 19.7 Å². The van der Waals surface area contributed by atoms with Crippen LogP contribution in [-0.4, -0.2) is 43.4 Å². The second kappa shape index (κ2) is 9.69. The highest BCUT2D eigenvalue weighted by Crippen LogP contribution is 1.98. The van der Waals surface area contributed by atoms with Crippen LogP contribution in [0.15, 0.2) is 11.6 Å². The van der Waals surface area contributed by atoms with Crippen LogP contribution in [0, 0.1) is 11.8 Å². The second-order valence-electron chi connectivity index (χ2n) is 2.91. The van der Waals surface area contributed by atoms with E-state index < -0.39 is 0 Å². The molecule has 0 bridgehead atoms. The Morgan fingerprint density at radius 1 is 1.47 bits per heavy atom. The first kappa shape index (κ1) is 14.1. The Labute approximate surface area is 90.5 Å². The predicted octanol–water partition coefficient (Wildman–Crippen LogP) is 0.300. The van der Waals surface area contributed by atoms with Gasteiger partial charge >= 0.3 is 0 Å². The fourth-order valence-corrected chi connectivity index (χ4v) is 0.847. The van der Waals surface area contributed by atoms with Gasteiger partial charge in [0.25, 0.3) is 0 Å². The third-order valence-corrected chi connectivity index (χ3v) is 1.61. The number of hydrogen-bond acceptors (Lipinski definition) is 4. The Balaban J connectivity index is 4.18. The van der Waals surface area contributed by atoms with Crippen LogP contribution in [0.4, 0.5) is 0 Å². The number of rotatable bonds is 6. The van der Waals surface area contributed by atoms with Gasteiger partial charge in [-0.2, -0.15) is 0 Å². The van der Waals surface area contributed by atoms with E-state index in [9.17, 15) is 0 Å². The molecule has 0 aliphatic heterocycles. The lowest BCUT2D eigenvalue weighted by Gasteiger charge is -2.09. The number of hydrogen-bond donors (Lipinski definition) is 2. The molecule has 4 nitrogen and oxygen atoms in total. The van der Waals surface area contributed by atoms with Gasteiger partial charge in [0.05, 0.1) is 6.61 Å². The highest BCUT2D eigenvalue weighted by molar-refractivity contribution is 5.27. The van der Waals surface area contributed by atoms with Gasteiger partial charge in [0.15, 0.2) is 0 Å². The largest absolute Gasteiger partial charge is 0.396 e. The standard InChI is InChI=1S/C11H18O4/c1-10(5-7-12)3-4-11(6-8-13)15-9-14-2/h5,11-13H,6-9H2,1-2H3/b10-5-. The molecule has 0 aromatic heterocycles. The van der Waals surface area contributed by atoms with Crippen molar-refractivity contribution in [3.63, 3.8) is 0 Å². The van der Waals surface area contributed by atoms with Crippen LogP contribution >= 0.6 is 0 Å². The molecule has 0 saturated heterocycles. The molecule has 0 rings (SSSR count). The molecule has 15 heavy (non-hydrogen) atoms. The zero-order valence-electron chi connectivity index (χ0n) is 9.19. The van der Waals surface area contributed by atoms with Gasteiger partial charge in [0, 0.05) is 20.1 Å². The molecule has 0 aliphatic rings. The third-order valence-electron chi connectivity index (χ3n) is 1.61. The average molecular weight is 214 g/mol. The summed E-state index contributed by atoms with van der Waals surface area (Å²) in [5.74, 6) is 5.69. The van der Waals surface area contributed by atoms with Crippen molar-refractivity contribution < 1.29 is 19.7 Å². The van der Waals surface area contributed by atoms with Crippen molar-refractivity contribution in [2.45, 2.75) is 19.4 Å². The SMILES string of the molecule is COCOC(C#C/C(C)=C\CO)CCO. The quantitative estimate of drug-likeness (QED) is 0.493. The van der Waals surface area contributed by atoms with Crippen molar-refractivity contribution in [2.24, 2.45) is 0 Å². The Morgan fingerprint density at radius 2 is 2.20 bits per heavy atom. The van der Waals surface area contributed by atoms with Crippen LogP contribution in [0.1, 0.15) is 13.3 Å². The average Bonchev–Trinajstić information content (AvgIpc) is 2.22. The summed E-state index contributed by atoms with van der Waals surface area (Å²) in [6.07, 6.45) is 1.72. The highest BCUT2D eigenvalue weighted by atomic mass is 16.7. The lowest BCUT2D eigenvalue weighted by Crippen LogP contribution is -2.14. The molecular weight excluding hydrogens is 196 g/mol. The molecule has 4 heteroatoms. The molecule has 86 valence electrons. The molecule has 0 spiro atoms. The summed E-state index contributed by atoms with van der Waals surface area (Å²) >= 11 is 0. The van der Waals surface area contributed by atoms with E-state index in [0.717, 1.165) is 5.57 Å². The molecule has 1 atom stereocenters. The van der Waals surface area contributed by atoms with E-state index in [1.54, 1.807) is 13.0 Å². The number of aliphatic hydroxyl groups is 2.